The second kappa shape index (κ2) is 4.98. The lowest BCUT2D eigenvalue weighted by molar-refractivity contribution is 0.0438. The zero-order valence-electron chi connectivity index (χ0n) is 10.2. The first-order valence-electron chi connectivity index (χ1n) is 6.02. The molecule has 19 heavy (non-hydrogen) atoms. The molecule has 1 heterocycles. The number of benzene rings is 2. The summed E-state index contributed by atoms with van der Waals surface area (Å²) in [5, 5.41) is 2.23. The zero-order valence-corrected chi connectivity index (χ0v) is 10.2. The van der Waals surface area contributed by atoms with E-state index in [9.17, 15) is 4.79 Å². The van der Waals surface area contributed by atoms with Crippen LogP contribution in [0.1, 0.15) is 16.1 Å². The van der Waals surface area contributed by atoms with Gasteiger partial charge in [0.25, 0.3) is 0 Å². The van der Waals surface area contributed by atoms with Crippen LogP contribution >= 0.6 is 0 Å². The standard InChI is InChI=1S/C16H12O3/c17-16(15-9-4-10-18-15)19-11-13-7-3-6-12-5-1-2-8-14(12)13/h1-10H,11H2. The Morgan fingerprint density at radius 3 is 2.68 bits per heavy atom. The Hall–Kier alpha value is -2.55. The molecule has 0 radical (unpaired) electrons. The second-order valence-electron chi connectivity index (χ2n) is 4.19. The molecule has 3 rings (SSSR count). The third-order valence-electron chi connectivity index (χ3n) is 2.96. The first-order valence-corrected chi connectivity index (χ1v) is 6.02. The van der Waals surface area contributed by atoms with Crippen LogP contribution in [-0.4, -0.2) is 5.97 Å². The van der Waals surface area contributed by atoms with Crippen molar-refractivity contribution in [1.29, 1.82) is 0 Å². The molecular formula is C16H12O3. The van der Waals surface area contributed by atoms with Crippen LogP contribution in [-0.2, 0) is 11.3 Å². The maximum absolute atomic E-state index is 11.7. The molecule has 0 atom stereocenters. The van der Waals surface area contributed by atoms with Crippen LogP contribution in [0, 0.1) is 0 Å². The number of ether oxygens (including phenoxy) is 1. The molecular weight excluding hydrogens is 240 g/mol. The molecule has 0 unspecified atom stereocenters. The molecule has 0 fully saturated rings. The summed E-state index contributed by atoms with van der Waals surface area (Å²) in [5.74, 6) is -0.224. The molecule has 3 aromatic rings. The van der Waals surface area contributed by atoms with E-state index in [-0.39, 0.29) is 12.4 Å². The van der Waals surface area contributed by atoms with E-state index < -0.39 is 5.97 Å². The Morgan fingerprint density at radius 2 is 1.84 bits per heavy atom. The number of rotatable bonds is 3. The van der Waals surface area contributed by atoms with Crippen molar-refractivity contribution in [3.63, 3.8) is 0 Å². The van der Waals surface area contributed by atoms with Gasteiger partial charge in [-0.05, 0) is 28.5 Å². The van der Waals surface area contributed by atoms with Crippen molar-refractivity contribution in [2.24, 2.45) is 0 Å². The number of hydrogen-bond donors (Lipinski definition) is 0. The SMILES string of the molecule is O=C(OCc1cccc2ccccc12)c1ccco1. The highest BCUT2D eigenvalue weighted by Gasteiger charge is 2.10. The van der Waals surface area contributed by atoms with Gasteiger partial charge < -0.3 is 9.15 Å². The number of furan rings is 1. The lowest BCUT2D eigenvalue weighted by Crippen LogP contribution is -2.04. The minimum atomic E-state index is -0.446. The van der Waals surface area contributed by atoms with Crippen molar-refractivity contribution in [3.8, 4) is 0 Å². The highest BCUT2D eigenvalue weighted by atomic mass is 16.5. The summed E-state index contributed by atoms with van der Waals surface area (Å²) < 4.78 is 10.2. The first kappa shape index (κ1) is 11.5. The Bertz CT molecular complexity index is 694. The molecule has 0 N–H and O–H groups in total. The Labute approximate surface area is 110 Å². The maximum atomic E-state index is 11.7. The van der Waals surface area contributed by atoms with Gasteiger partial charge in [-0.3, -0.25) is 0 Å². The number of fused-ring (bicyclic) bond motifs is 1. The third kappa shape index (κ3) is 2.36. The van der Waals surface area contributed by atoms with Gasteiger partial charge in [0.15, 0.2) is 0 Å². The lowest BCUT2D eigenvalue weighted by atomic mass is 10.1. The molecule has 94 valence electrons. The summed E-state index contributed by atoms with van der Waals surface area (Å²) in [7, 11) is 0. The van der Waals surface area contributed by atoms with Gasteiger partial charge in [0, 0.05) is 0 Å². The molecule has 0 spiro atoms. The molecule has 0 aliphatic carbocycles. The summed E-state index contributed by atoms with van der Waals surface area (Å²) >= 11 is 0. The quantitative estimate of drug-likeness (QED) is 0.666. The van der Waals surface area contributed by atoms with E-state index >= 15 is 0 Å². The maximum Gasteiger partial charge on any atom is 0.374 e. The molecule has 0 amide bonds. The number of carbonyl (C=O) groups excluding carboxylic acids is 1. The summed E-state index contributed by atoms with van der Waals surface area (Å²) in [5.41, 5.74) is 0.984. The van der Waals surface area contributed by atoms with Crippen LogP contribution in [0.15, 0.2) is 65.3 Å². The fraction of sp³-hybridized carbons (Fsp3) is 0.0625. The second-order valence-corrected chi connectivity index (χ2v) is 4.19. The summed E-state index contributed by atoms with van der Waals surface area (Å²) in [6.07, 6.45) is 1.45. The predicted molar refractivity (Wildman–Crippen MR) is 71.8 cm³/mol. The van der Waals surface area contributed by atoms with Crippen molar-refractivity contribution < 1.29 is 13.9 Å². The van der Waals surface area contributed by atoms with Gasteiger partial charge in [-0.2, -0.15) is 0 Å². The lowest BCUT2D eigenvalue weighted by Gasteiger charge is -2.06. The fourth-order valence-electron chi connectivity index (χ4n) is 2.03. The van der Waals surface area contributed by atoms with Crippen LogP contribution in [0.25, 0.3) is 10.8 Å². The average molecular weight is 252 g/mol. The molecule has 3 heteroatoms. The largest absolute Gasteiger partial charge is 0.457 e. The number of hydrogen-bond acceptors (Lipinski definition) is 3. The van der Waals surface area contributed by atoms with Crippen molar-refractivity contribution in [2.45, 2.75) is 6.61 Å². The van der Waals surface area contributed by atoms with Crippen molar-refractivity contribution in [3.05, 3.63) is 72.2 Å². The Morgan fingerprint density at radius 1 is 1.00 bits per heavy atom. The van der Waals surface area contributed by atoms with Crippen LogP contribution in [0.4, 0.5) is 0 Å². The minimum absolute atomic E-state index is 0.222. The molecule has 1 aromatic heterocycles. The van der Waals surface area contributed by atoms with E-state index in [1.807, 2.05) is 42.5 Å². The highest BCUT2D eigenvalue weighted by molar-refractivity contribution is 5.87. The van der Waals surface area contributed by atoms with Crippen LogP contribution in [0.5, 0.6) is 0 Å². The highest BCUT2D eigenvalue weighted by Crippen LogP contribution is 2.19. The average Bonchev–Trinajstić information content (AvgIpc) is 2.99. The van der Waals surface area contributed by atoms with E-state index in [4.69, 9.17) is 9.15 Å². The monoisotopic (exact) mass is 252 g/mol. The fourth-order valence-corrected chi connectivity index (χ4v) is 2.03. The third-order valence-corrected chi connectivity index (χ3v) is 2.96. The van der Waals surface area contributed by atoms with Crippen LogP contribution in [0.3, 0.4) is 0 Å². The molecule has 0 aliphatic heterocycles. The van der Waals surface area contributed by atoms with Gasteiger partial charge in [0.2, 0.25) is 5.76 Å². The number of carbonyl (C=O) groups is 1. The van der Waals surface area contributed by atoms with E-state index in [2.05, 4.69) is 0 Å². The van der Waals surface area contributed by atoms with Gasteiger partial charge in [-0.15, -0.1) is 0 Å². The topological polar surface area (TPSA) is 39.4 Å². The summed E-state index contributed by atoms with van der Waals surface area (Å²) in [4.78, 5) is 11.7. The first-order chi connectivity index (χ1) is 9.34. The van der Waals surface area contributed by atoms with Crippen molar-refractivity contribution in [1.82, 2.24) is 0 Å². The minimum Gasteiger partial charge on any atom is -0.457 e. The van der Waals surface area contributed by atoms with E-state index in [0.29, 0.717) is 0 Å². The van der Waals surface area contributed by atoms with Crippen LogP contribution < -0.4 is 0 Å². The summed E-state index contributed by atoms with van der Waals surface area (Å²) in [6.45, 7) is 0.237. The zero-order chi connectivity index (χ0) is 13.1. The van der Waals surface area contributed by atoms with Crippen LogP contribution in [0.2, 0.25) is 0 Å². The smallest absolute Gasteiger partial charge is 0.374 e. The van der Waals surface area contributed by atoms with E-state index in [0.717, 1.165) is 16.3 Å². The Balaban J connectivity index is 1.81. The van der Waals surface area contributed by atoms with E-state index in [1.54, 1.807) is 12.1 Å². The van der Waals surface area contributed by atoms with Crippen molar-refractivity contribution in [2.75, 3.05) is 0 Å². The molecule has 3 nitrogen and oxygen atoms in total. The molecule has 2 aromatic carbocycles. The van der Waals surface area contributed by atoms with Crippen molar-refractivity contribution >= 4 is 16.7 Å². The van der Waals surface area contributed by atoms with Gasteiger partial charge in [0.1, 0.15) is 6.61 Å². The molecule has 0 bridgehead atoms. The number of esters is 1. The summed E-state index contributed by atoms with van der Waals surface area (Å²) in [6, 6.07) is 17.2. The molecule has 0 saturated carbocycles. The molecule has 0 aliphatic rings. The van der Waals surface area contributed by atoms with E-state index in [1.165, 1.54) is 6.26 Å². The van der Waals surface area contributed by atoms with Gasteiger partial charge in [-0.1, -0.05) is 42.5 Å². The predicted octanol–water partition coefficient (Wildman–Crippen LogP) is 3.79. The normalized spacial score (nSPS) is 10.5. The van der Waals surface area contributed by atoms with Gasteiger partial charge in [-0.25, -0.2) is 4.79 Å². The molecule has 0 saturated heterocycles. The van der Waals surface area contributed by atoms with Gasteiger partial charge in [0.05, 0.1) is 6.26 Å². The Kier molecular flexibility index (Phi) is 3.02. The van der Waals surface area contributed by atoms with Gasteiger partial charge >= 0.3 is 5.97 Å².